The average Bonchev–Trinajstić information content (AvgIpc) is 2.42. The molecule has 1 aromatic rings. The lowest BCUT2D eigenvalue weighted by Gasteiger charge is -2.19. The van der Waals surface area contributed by atoms with Crippen LogP contribution >= 0.6 is 0 Å². The molecular formula is C14H25N3O. The maximum atomic E-state index is 4.99. The van der Waals surface area contributed by atoms with E-state index in [1.807, 2.05) is 18.3 Å². The summed E-state index contributed by atoms with van der Waals surface area (Å²) in [6.07, 6.45) is 3.01. The van der Waals surface area contributed by atoms with Crippen molar-refractivity contribution in [3.8, 4) is 0 Å². The molecule has 4 heteroatoms. The molecule has 0 unspecified atom stereocenters. The Morgan fingerprint density at radius 2 is 2.22 bits per heavy atom. The number of nitrogens with one attached hydrogen (secondary N) is 1. The topological polar surface area (TPSA) is 37.4 Å². The summed E-state index contributed by atoms with van der Waals surface area (Å²) in [6, 6.07) is 6.08. The number of hydrogen-bond donors (Lipinski definition) is 1. The molecule has 1 aromatic heterocycles. The van der Waals surface area contributed by atoms with Gasteiger partial charge in [0.05, 0.1) is 12.3 Å². The first-order valence-corrected chi connectivity index (χ1v) is 6.68. The molecule has 0 aliphatic carbocycles. The van der Waals surface area contributed by atoms with Gasteiger partial charge in [0.2, 0.25) is 0 Å². The predicted octanol–water partition coefficient (Wildman–Crippen LogP) is 1.53. The lowest BCUT2D eigenvalue weighted by Crippen LogP contribution is -2.28. The molecule has 1 rings (SSSR count). The molecule has 4 nitrogen and oxygen atoms in total. The summed E-state index contributed by atoms with van der Waals surface area (Å²) in [5.74, 6) is 0. The zero-order chi connectivity index (χ0) is 13.1. The van der Waals surface area contributed by atoms with Crippen molar-refractivity contribution >= 4 is 0 Å². The van der Waals surface area contributed by atoms with Crippen molar-refractivity contribution in [1.29, 1.82) is 0 Å². The quantitative estimate of drug-likeness (QED) is 0.640. The minimum atomic E-state index is 0.783. The van der Waals surface area contributed by atoms with E-state index in [0.717, 1.165) is 51.4 Å². The van der Waals surface area contributed by atoms with Gasteiger partial charge in [-0.15, -0.1) is 0 Å². The summed E-state index contributed by atoms with van der Waals surface area (Å²) in [4.78, 5) is 6.78. The molecule has 0 spiro atoms. The minimum absolute atomic E-state index is 0.783. The van der Waals surface area contributed by atoms with Gasteiger partial charge in [-0.2, -0.15) is 0 Å². The molecule has 0 bridgehead atoms. The van der Waals surface area contributed by atoms with Crippen LogP contribution in [0.1, 0.15) is 19.0 Å². The van der Waals surface area contributed by atoms with E-state index in [-0.39, 0.29) is 0 Å². The highest BCUT2D eigenvalue weighted by atomic mass is 16.5. The lowest BCUT2D eigenvalue weighted by atomic mass is 10.3. The molecule has 0 aliphatic rings. The third kappa shape index (κ3) is 6.69. The maximum absolute atomic E-state index is 4.99. The molecule has 0 saturated heterocycles. The second-order valence-electron chi connectivity index (χ2n) is 4.29. The summed E-state index contributed by atoms with van der Waals surface area (Å²) in [5.41, 5.74) is 1.15. The molecular weight excluding hydrogens is 226 g/mol. The van der Waals surface area contributed by atoms with Crippen LogP contribution in [-0.4, -0.2) is 49.8 Å². The number of hydrogen-bond acceptors (Lipinski definition) is 4. The molecule has 1 N–H and O–H groups in total. The summed E-state index contributed by atoms with van der Waals surface area (Å²) >= 11 is 0. The third-order valence-corrected chi connectivity index (χ3v) is 2.87. The number of nitrogens with zero attached hydrogens (tertiary/aromatic N) is 2. The van der Waals surface area contributed by atoms with Crippen LogP contribution in [0.15, 0.2) is 24.4 Å². The van der Waals surface area contributed by atoms with E-state index < -0.39 is 0 Å². The molecule has 18 heavy (non-hydrogen) atoms. The van der Waals surface area contributed by atoms with Crippen LogP contribution in [0.3, 0.4) is 0 Å². The van der Waals surface area contributed by atoms with Gasteiger partial charge in [-0.05, 0) is 38.2 Å². The Balaban J connectivity index is 2.14. The Labute approximate surface area is 110 Å². The standard InChI is InChI=1S/C14H25N3O/c1-3-17(11-6-8-15-10-12-18-2)13-14-7-4-5-9-16-14/h4-5,7,9,15H,3,6,8,10-13H2,1-2H3. The molecule has 0 amide bonds. The zero-order valence-corrected chi connectivity index (χ0v) is 11.6. The number of rotatable bonds is 10. The van der Waals surface area contributed by atoms with E-state index in [4.69, 9.17) is 4.74 Å². The SMILES string of the molecule is CCN(CCCNCCOC)Cc1ccccn1. The van der Waals surface area contributed by atoms with E-state index in [1.165, 1.54) is 0 Å². The van der Waals surface area contributed by atoms with E-state index in [2.05, 4.69) is 28.2 Å². The molecule has 0 radical (unpaired) electrons. The van der Waals surface area contributed by atoms with Crippen molar-refractivity contribution in [2.75, 3.05) is 39.9 Å². The van der Waals surface area contributed by atoms with Gasteiger partial charge in [-0.1, -0.05) is 13.0 Å². The van der Waals surface area contributed by atoms with Crippen LogP contribution in [0.4, 0.5) is 0 Å². The minimum Gasteiger partial charge on any atom is -0.383 e. The Kier molecular flexibility index (Phi) is 8.38. The van der Waals surface area contributed by atoms with Crippen LogP contribution in [0.25, 0.3) is 0 Å². The van der Waals surface area contributed by atoms with E-state index in [0.29, 0.717) is 0 Å². The largest absolute Gasteiger partial charge is 0.383 e. The van der Waals surface area contributed by atoms with Gasteiger partial charge in [0, 0.05) is 26.4 Å². The van der Waals surface area contributed by atoms with E-state index >= 15 is 0 Å². The van der Waals surface area contributed by atoms with E-state index in [9.17, 15) is 0 Å². The van der Waals surface area contributed by atoms with Gasteiger partial charge < -0.3 is 10.1 Å². The Hall–Kier alpha value is -0.970. The first-order chi connectivity index (χ1) is 8.86. The van der Waals surface area contributed by atoms with Gasteiger partial charge in [0.25, 0.3) is 0 Å². The molecule has 0 aromatic carbocycles. The zero-order valence-electron chi connectivity index (χ0n) is 11.6. The first-order valence-electron chi connectivity index (χ1n) is 6.68. The Morgan fingerprint density at radius 3 is 2.89 bits per heavy atom. The monoisotopic (exact) mass is 251 g/mol. The maximum Gasteiger partial charge on any atom is 0.0587 e. The van der Waals surface area contributed by atoms with Crippen LogP contribution in [0, 0.1) is 0 Å². The molecule has 0 aliphatic heterocycles. The summed E-state index contributed by atoms with van der Waals surface area (Å²) < 4.78 is 4.99. The Morgan fingerprint density at radius 1 is 1.33 bits per heavy atom. The molecule has 1 heterocycles. The summed E-state index contributed by atoms with van der Waals surface area (Å²) in [6.45, 7) is 8.06. The summed E-state index contributed by atoms with van der Waals surface area (Å²) in [7, 11) is 1.73. The van der Waals surface area contributed by atoms with Crippen molar-refractivity contribution in [2.24, 2.45) is 0 Å². The van der Waals surface area contributed by atoms with Crippen molar-refractivity contribution in [2.45, 2.75) is 19.9 Å². The molecule has 102 valence electrons. The highest BCUT2D eigenvalue weighted by Gasteiger charge is 2.03. The van der Waals surface area contributed by atoms with Gasteiger partial charge >= 0.3 is 0 Å². The second-order valence-corrected chi connectivity index (χ2v) is 4.29. The van der Waals surface area contributed by atoms with Gasteiger partial charge in [0.15, 0.2) is 0 Å². The van der Waals surface area contributed by atoms with Crippen LogP contribution in [-0.2, 0) is 11.3 Å². The normalized spacial score (nSPS) is 11.1. The smallest absolute Gasteiger partial charge is 0.0587 e. The fourth-order valence-corrected chi connectivity index (χ4v) is 1.80. The van der Waals surface area contributed by atoms with Crippen LogP contribution in [0.2, 0.25) is 0 Å². The van der Waals surface area contributed by atoms with Gasteiger partial charge in [0.1, 0.15) is 0 Å². The van der Waals surface area contributed by atoms with E-state index in [1.54, 1.807) is 7.11 Å². The third-order valence-electron chi connectivity index (χ3n) is 2.87. The number of aromatic nitrogens is 1. The first kappa shape index (κ1) is 15.1. The predicted molar refractivity (Wildman–Crippen MR) is 74.6 cm³/mol. The summed E-state index contributed by atoms with van der Waals surface area (Å²) in [5, 5.41) is 3.36. The number of methoxy groups -OCH3 is 1. The van der Waals surface area contributed by atoms with Gasteiger partial charge in [-0.3, -0.25) is 9.88 Å². The van der Waals surface area contributed by atoms with Crippen LogP contribution in [0.5, 0.6) is 0 Å². The highest BCUT2D eigenvalue weighted by molar-refractivity contribution is 5.03. The fraction of sp³-hybridized carbons (Fsp3) is 0.643. The van der Waals surface area contributed by atoms with Crippen LogP contribution < -0.4 is 5.32 Å². The number of ether oxygens (including phenoxy) is 1. The van der Waals surface area contributed by atoms with Gasteiger partial charge in [-0.25, -0.2) is 0 Å². The Bertz CT molecular complexity index is 292. The second kappa shape index (κ2) is 10.00. The average molecular weight is 251 g/mol. The highest BCUT2D eigenvalue weighted by Crippen LogP contribution is 2.01. The van der Waals surface area contributed by atoms with Crippen molar-refractivity contribution in [1.82, 2.24) is 15.2 Å². The van der Waals surface area contributed by atoms with Crippen molar-refractivity contribution in [3.63, 3.8) is 0 Å². The molecule has 0 saturated carbocycles. The van der Waals surface area contributed by atoms with Crippen molar-refractivity contribution < 1.29 is 4.74 Å². The fourth-order valence-electron chi connectivity index (χ4n) is 1.80. The molecule has 0 fully saturated rings. The van der Waals surface area contributed by atoms with Crippen molar-refractivity contribution in [3.05, 3.63) is 30.1 Å². The number of pyridine rings is 1. The molecule has 0 atom stereocenters. The lowest BCUT2D eigenvalue weighted by molar-refractivity contribution is 0.198.